The number of hydrogen-bond acceptors (Lipinski definition) is 6. The minimum absolute atomic E-state index is 0.137. The summed E-state index contributed by atoms with van der Waals surface area (Å²) in [6, 6.07) is 10.7. The van der Waals surface area contributed by atoms with Crippen molar-refractivity contribution in [3.8, 4) is 17.2 Å². The Hall–Kier alpha value is -4.53. The van der Waals surface area contributed by atoms with Crippen LogP contribution in [0.25, 0.3) is 0 Å². The van der Waals surface area contributed by atoms with Crippen LogP contribution in [0.3, 0.4) is 0 Å². The molecule has 1 unspecified atom stereocenters. The predicted octanol–water partition coefficient (Wildman–Crippen LogP) is 16.4. The van der Waals surface area contributed by atoms with Gasteiger partial charge in [0, 0.05) is 0 Å². The van der Waals surface area contributed by atoms with E-state index in [0.717, 1.165) is 42.4 Å². The van der Waals surface area contributed by atoms with Gasteiger partial charge in [0.1, 0.15) is 17.2 Å². The Balaban J connectivity index is 1.95. The van der Waals surface area contributed by atoms with E-state index in [1.165, 1.54) is 90.8 Å². The van der Waals surface area contributed by atoms with Crippen molar-refractivity contribution in [2.75, 3.05) is 0 Å². The zero-order valence-electron chi connectivity index (χ0n) is 50.9. The normalized spacial score (nSPS) is 13.5. The van der Waals surface area contributed by atoms with Gasteiger partial charge in [-0.25, -0.2) is 28.1 Å². The van der Waals surface area contributed by atoms with Crippen LogP contribution in [0.2, 0.25) is 0 Å². The second-order valence-electron chi connectivity index (χ2n) is 28.5. The average molecular weight is 1040 g/mol. The minimum atomic E-state index is -0.775. The highest BCUT2D eigenvalue weighted by Gasteiger charge is 2.33. The van der Waals surface area contributed by atoms with E-state index in [2.05, 4.69) is 48.5 Å². The molecule has 0 saturated heterocycles. The molecule has 9 nitrogen and oxygen atoms in total. The Morgan fingerprint density at radius 3 is 0.853 bits per heavy atom. The summed E-state index contributed by atoms with van der Waals surface area (Å²) in [7, 11) is 0. The molecule has 0 radical (unpaired) electrons. The molecular formula is C66H105N3O6. The number of aromatic hydroxyl groups is 3. The summed E-state index contributed by atoms with van der Waals surface area (Å²) in [4.78, 5) is 46.6. The van der Waals surface area contributed by atoms with E-state index in [-0.39, 0.29) is 30.3 Å². The van der Waals surface area contributed by atoms with E-state index >= 15 is 14.4 Å². The summed E-state index contributed by atoms with van der Waals surface area (Å²) in [6.07, 6.45) is 20.1. The number of rotatable bonds is 23. The molecule has 0 saturated carbocycles. The standard InChI is InChI=1S/C66H105N3O6/c1-20-21-22-23-24-25-26-27-28-29-30-31-32-33-34-35-36-54(47-41-52(65(14,15)16)57(72)53(42-47)66(17,18)19)69-59(74)67(43-45-37-48(61(2,3)4)55(70)49(38-45)62(5,6)7)58(73)68(60(69)75)44-46-39-50(63(8,9)10)56(71)51(40-46)64(11,12)13/h37-42,54,70-72H,20-36,43-44H2,1-19H3. The Morgan fingerprint density at radius 1 is 0.360 bits per heavy atom. The lowest BCUT2D eigenvalue weighted by Crippen LogP contribution is -2.56. The molecule has 3 N–H and O–H groups in total. The van der Waals surface area contributed by atoms with Crippen LogP contribution < -0.4 is 17.1 Å². The van der Waals surface area contributed by atoms with Gasteiger partial charge in [0.2, 0.25) is 0 Å². The third kappa shape index (κ3) is 16.7. The number of phenols is 3. The fourth-order valence-corrected chi connectivity index (χ4v) is 10.7. The van der Waals surface area contributed by atoms with Crippen LogP contribution in [0.5, 0.6) is 17.2 Å². The Labute approximate surface area is 454 Å². The zero-order chi connectivity index (χ0) is 56.6. The summed E-state index contributed by atoms with van der Waals surface area (Å²) in [5, 5.41) is 35.4. The Bertz CT molecular complexity index is 2480. The monoisotopic (exact) mass is 1040 g/mol. The van der Waals surface area contributed by atoms with Crippen LogP contribution in [0.1, 0.15) is 297 Å². The SMILES string of the molecule is CCCCCCCCCCCCCCCCCCC(c1cc(C(C)(C)C)c(O)c(C(C)(C)C)c1)n1c(=O)n(Cc2cc(C(C)(C)C)c(O)c(C(C)(C)C)c2)c(=O)n(Cc2cc(C(C)(C)C)c(O)c(C(C)(C)C)c2)c1=O. The Morgan fingerprint density at radius 2 is 0.600 bits per heavy atom. The van der Waals surface area contributed by atoms with Crippen LogP contribution in [-0.4, -0.2) is 29.0 Å². The molecule has 0 amide bonds. The van der Waals surface area contributed by atoms with E-state index in [4.69, 9.17) is 0 Å². The van der Waals surface area contributed by atoms with Crippen molar-refractivity contribution in [2.45, 2.75) is 292 Å². The lowest BCUT2D eigenvalue weighted by atomic mass is 9.77. The van der Waals surface area contributed by atoms with Crippen molar-refractivity contribution in [1.29, 1.82) is 0 Å². The smallest absolute Gasteiger partial charge is 0.337 e. The highest BCUT2D eigenvalue weighted by molar-refractivity contribution is 5.52. The molecule has 4 aromatic rings. The lowest BCUT2D eigenvalue weighted by Gasteiger charge is -2.31. The zero-order valence-corrected chi connectivity index (χ0v) is 50.9. The van der Waals surface area contributed by atoms with Crippen molar-refractivity contribution in [3.63, 3.8) is 0 Å². The van der Waals surface area contributed by atoms with Gasteiger partial charge in [-0.05, 0) is 125 Å². The fraction of sp³-hybridized carbons (Fsp3) is 0.682. The van der Waals surface area contributed by atoms with Gasteiger partial charge in [-0.15, -0.1) is 0 Å². The maximum Gasteiger partial charge on any atom is 0.337 e. The summed E-state index contributed by atoms with van der Waals surface area (Å²) >= 11 is 0. The maximum atomic E-state index is 15.7. The molecule has 1 heterocycles. The van der Waals surface area contributed by atoms with Crippen LogP contribution in [0, 0.1) is 0 Å². The quantitative estimate of drug-likeness (QED) is 0.0635. The fourth-order valence-electron chi connectivity index (χ4n) is 10.7. The van der Waals surface area contributed by atoms with Gasteiger partial charge in [-0.3, -0.25) is 0 Å². The van der Waals surface area contributed by atoms with Gasteiger partial charge in [0.15, 0.2) is 0 Å². The molecule has 0 fully saturated rings. The number of benzene rings is 3. The maximum absolute atomic E-state index is 15.7. The van der Waals surface area contributed by atoms with Gasteiger partial charge in [-0.1, -0.05) is 234 Å². The van der Waals surface area contributed by atoms with Crippen molar-refractivity contribution >= 4 is 0 Å². The predicted molar refractivity (Wildman–Crippen MR) is 316 cm³/mol. The lowest BCUT2D eigenvalue weighted by molar-refractivity contribution is 0.399. The number of unbranched alkanes of at least 4 members (excludes halogenated alkanes) is 15. The van der Waals surface area contributed by atoms with Crippen molar-refractivity contribution in [2.24, 2.45) is 0 Å². The van der Waals surface area contributed by atoms with Gasteiger partial charge in [0.25, 0.3) is 0 Å². The summed E-state index contributed by atoms with van der Waals surface area (Å²) in [5.41, 5.74) is 1.37. The van der Waals surface area contributed by atoms with Crippen LogP contribution in [-0.2, 0) is 45.6 Å². The van der Waals surface area contributed by atoms with Gasteiger partial charge in [-0.2, -0.15) is 0 Å². The first kappa shape index (κ1) is 63.0. The number of nitrogens with zero attached hydrogens (tertiary/aromatic N) is 3. The second-order valence-corrected chi connectivity index (χ2v) is 28.5. The van der Waals surface area contributed by atoms with E-state index < -0.39 is 55.6 Å². The molecule has 75 heavy (non-hydrogen) atoms. The van der Waals surface area contributed by atoms with Crippen molar-refractivity contribution in [3.05, 3.63) is 118 Å². The van der Waals surface area contributed by atoms with Crippen LogP contribution in [0.15, 0.2) is 50.8 Å². The topological polar surface area (TPSA) is 127 Å². The molecule has 0 aliphatic rings. The summed E-state index contributed by atoms with van der Waals surface area (Å²) in [5.74, 6) is 0.601. The molecule has 4 rings (SSSR count). The first-order valence-corrected chi connectivity index (χ1v) is 29.1. The van der Waals surface area contributed by atoms with Crippen molar-refractivity contribution < 1.29 is 15.3 Å². The molecule has 3 aromatic carbocycles. The summed E-state index contributed by atoms with van der Waals surface area (Å²) in [6.45, 7) is 38.8. The third-order valence-corrected chi connectivity index (χ3v) is 15.4. The molecule has 0 spiro atoms. The Kier molecular flexibility index (Phi) is 21.2. The van der Waals surface area contributed by atoms with Gasteiger partial charge in [0.05, 0.1) is 19.1 Å². The average Bonchev–Trinajstić information content (AvgIpc) is 3.27. The number of hydrogen-bond donors (Lipinski definition) is 3. The van der Waals surface area contributed by atoms with E-state index in [0.29, 0.717) is 39.8 Å². The molecule has 1 aromatic heterocycles. The first-order chi connectivity index (χ1) is 34.5. The highest BCUT2D eigenvalue weighted by Crippen LogP contribution is 2.44. The van der Waals surface area contributed by atoms with E-state index in [1.807, 2.05) is 119 Å². The third-order valence-electron chi connectivity index (χ3n) is 15.4. The highest BCUT2D eigenvalue weighted by atomic mass is 16.3. The molecule has 0 bridgehead atoms. The van der Waals surface area contributed by atoms with Gasteiger partial charge >= 0.3 is 17.1 Å². The number of aromatic nitrogens is 3. The summed E-state index contributed by atoms with van der Waals surface area (Å²) < 4.78 is 3.74. The molecule has 9 heteroatoms. The largest absolute Gasteiger partial charge is 0.507 e. The second kappa shape index (κ2) is 25.3. The first-order valence-electron chi connectivity index (χ1n) is 29.1. The van der Waals surface area contributed by atoms with Gasteiger partial charge < -0.3 is 15.3 Å². The molecule has 0 aliphatic heterocycles. The molecular weight excluding hydrogens is 931 g/mol. The molecule has 1 atom stereocenters. The molecule has 0 aliphatic carbocycles. The van der Waals surface area contributed by atoms with E-state index in [1.54, 1.807) is 0 Å². The minimum Gasteiger partial charge on any atom is -0.507 e. The number of phenolic OH excluding ortho intramolecular Hbond substituents is 3. The van der Waals surface area contributed by atoms with Crippen molar-refractivity contribution in [1.82, 2.24) is 13.7 Å². The van der Waals surface area contributed by atoms with Crippen LogP contribution in [0.4, 0.5) is 0 Å². The van der Waals surface area contributed by atoms with E-state index in [9.17, 15) is 15.3 Å². The van der Waals surface area contributed by atoms with Crippen LogP contribution >= 0.6 is 0 Å². The molecule has 420 valence electrons.